The minimum absolute atomic E-state index is 0.186. The Labute approximate surface area is 123 Å². The Morgan fingerprint density at radius 3 is 2.65 bits per heavy atom. The lowest BCUT2D eigenvalue weighted by atomic mass is 10.2. The molecule has 0 fully saturated rings. The minimum atomic E-state index is -1.03. The predicted molar refractivity (Wildman–Crippen MR) is 76.2 cm³/mol. The normalized spacial score (nSPS) is 10.2. The third kappa shape index (κ3) is 5.09. The largest absolute Gasteiger partial charge is 0.484 e. The molecule has 1 amide bonds. The fraction of sp³-hybridized carbons (Fsp3) is 0.429. The Hall–Kier alpha value is -1.75. The first-order valence-corrected chi connectivity index (χ1v) is 6.70. The van der Waals surface area contributed by atoms with Crippen LogP contribution in [-0.4, -0.2) is 41.6 Å². The van der Waals surface area contributed by atoms with Gasteiger partial charge in [-0.3, -0.25) is 9.59 Å². The van der Waals surface area contributed by atoms with Crippen LogP contribution in [0.3, 0.4) is 0 Å². The molecule has 0 bridgehead atoms. The SMILES string of the molecule is CCCN(CC(=O)O)C(=O)COc1ccc(Cl)c(C)c1. The van der Waals surface area contributed by atoms with E-state index in [1.54, 1.807) is 18.2 Å². The number of carboxylic acid groups (broad SMARTS) is 1. The van der Waals surface area contributed by atoms with Crippen LogP contribution < -0.4 is 4.74 Å². The highest BCUT2D eigenvalue weighted by Crippen LogP contribution is 2.20. The molecule has 0 heterocycles. The van der Waals surface area contributed by atoms with Crippen LogP contribution in [0.2, 0.25) is 5.02 Å². The zero-order valence-corrected chi connectivity index (χ0v) is 12.3. The Morgan fingerprint density at radius 2 is 2.10 bits per heavy atom. The van der Waals surface area contributed by atoms with E-state index in [2.05, 4.69) is 0 Å². The molecule has 6 heteroatoms. The van der Waals surface area contributed by atoms with Crippen molar-refractivity contribution in [3.63, 3.8) is 0 Å². The summed E-state index contributed by atoms with van der Waals surface area (Å²) in [7, 11) is 0. The van der Waals surface area contributed by atoms with Crippen LogP contribution in [-0.2, 0) is 9.59 Å². The molecule has 20 heavy (non-hydrogen) atoms. The molecule has 0 aromatic heterocycles. The van der Waals surface area contributed by atoms with E-state index in [9.17, 15) is 9.59 Å². The number of aryl methyl sites for hydroxylation is 1. The molecule has 0 aliphatic carbocycles. The molecule has 110 valence electrons. The lowest BCUT2D eigenvalue weighted by Gasteiger charge is -2.20. The fourth-order valence-corrected chi connectivity index (χ4v) is 1.79. The summed E-state index contributed by atoms with van der Waals surface area (Å²) in [6, 6.07) is 5.10. The van der Waals surface area contributed by atoms with Crippen molar-refractivity contribution in [2.45, 2.75) is 20.3 Å². The van der Waals surface area contributed by atoms with Gasteiger partial charge in [0.2, 0.25) is 0 Å². The summed E-state index contributed by atoms with van der Waals surface area (Å²) in [5, 5.41) is 9.39. The Balaban J connectivity index is 2.59. The van der Waals surface area contributed by atoms with Gasteiger partial charge in [0.05, 0.1) is 0 Å². The second-order valence-corrected chi connectivity index (χ2v) is 4.82. The van der Waals surface area contributed by atoms with Crippen LogP contribution in [0.25, 0.3) is 0 Å². The van der Waals surface area contributed by atoms with Gasteiger partial charge < -0.3 is 14.7 Å². The minimum Gasteiger partial charge on any atom is -0.484 e. The lowest BCUT2D eigenvalue weighted by molar-refractivity contribution is -0.145. The molecule has 1 rings (SSSR count). The molecule has 0 aliphatic rings. The maximum Gasteiger partial charge on any atom is 0.323 e. The second kappa shape index (κ2) is 7.75. The van der Waals surface area contributed by atoms with Gasteiger partial charge in [-0.25, -0.2) is 0 Å². The Kier molecular flexibility index (Phi) is 6.31. The van der Waals surface area contributed by atoms with Crippen molar-refractivity contribution in [3.8, 4) is 5.75 Å². The monoisotopic (exact) mass is 299 g/mol. The molecule has 0 spiro atoms. The summed E-state index contributed by atoms with van der Waals surface area (Å²) in [5.41, 5.74) is 0.854. The highest BCUT2D eigenvalue weighted by Gasteiger charge is 2.16. The number of nitrogens with zero attached hydrogens (tertiary/aromatic N) is 1. The fourth-order valence-electron chi connectivity index (χ4n) is 1.67. The van der Waals surface area contributed by atoms with Gasteiger partial charge in [-0.05, 0) is 37.1 Å². The first kappa shape index (κ1) is 16.3. The van der Waals surface area contributed by atoms with Gasteiger partial charge >= 0.3 is 5.97 Å². The van der Waals surface area contributed by atoms with Crippen molar-refractivity contribution in [2.24, 2.45) is 0 Å². The molecule has 1 aromatic carbocycles. The van der Waals surface area contributed by atoms with Crippen molar-refractivity contribution in [1.82, 2.24) is 4.90 Å². The first-order chi connectivity index (χ1) is 9.43. The average molecular weight is 300 g/mol. The van der Waals surface area contributed by atoms with Crippen molar-refractivity contribution in [2.75, 3.05) is 19.7 Å². The number of hydrogen-bond donors (Lipinski definition) is 1. The molecule has 1 aromatic rings. The highest BCUT2D eigenvalue weighted by molar-refractivity contribution is 6.31. The van der Waals surface area contributed by atoms with E-state index in [0.29, 0.717) is 23.7 Å². The topological polar surface area (TPSA) is 66.8 Å². The number of carboxylic acids is 1. The third-order valence-corrected chi connectivity index (χ3v) is 3.09. The van der Waals surface area contributed by atoms with Crippen LogP contribution >= 0.6 is 11.6 Å². The number of carbonyl (C=O) groups is 2. The van der Waals surface area contributed by atoms with Gasteiger partial charge in [0, 0.05) is 11.6 Å². The molecule has 0 aliphatic heterocycles. The lowest BCUT2D eigenvalue weighted by Crippen LogP contribution is -2.39. The van der Waals surface area contributed by atoms with Crippen LogP contribution in [0, 0.1) is 6.92 Å². The van der Waals surface area contributed by atoms with E-state index in [1.165, 1.54) is 4.90 Å². The Bertz CT molecular complexity index is 490. The average Bonchev–Trinajstić information content (AvgIpc) is 2.39. The molecular formula is C14H18ClNO4. The quantitative estimate of drug-likeness (QED) is 0.839. The zero-order chi connectivity index (χ0) is 15.1. The number of benzene rings is 1. The second-order valence-electron chi connectivity index (χ2n) is 4.41. The first-order valence-electron chi connectivity index (χ1n) is 6.32. The molecule has 0 atom stereocenters. The van der Waals surface area contributed by atoms with Crippen molar-refractivity contribution in [3.05, 3.63) is 28.8 Å². The van der Waals surface area contributed by atoms with E-state index >= 15 is 0 Å². The molecule has 0 saturated heterocycles. The van der Waals surface area contributed by atoms with Crippen molar-refractivity contribution >= 4 is 23.5 Å². The molecule has 0 unspecified atom stereocenters. The standard InChI is InChI=1S/C14H18ClNO4/c1-3-6-16(8-14(18)19)13(17)9-20-11-4-5-12(15)10(2)7-11/h4-5,7H,3,6,8-9H2,1-2H3,(H,18,19). The maximum atomic E-state index is 11.9. The summed E-state index contributed by atoms with van der Waals surface area (Å²) in [4.78, 5) is 23.9. The number of aliphatic carboxylic acids is 1. The number of carbonyl (C=O) groups excluding carboxylic acids is 1. The summed E-state index contributed by atoms with van der Waals surface area (Å²) < 4.78 is 5.37. The summed E-state index contributed by atoms with van der Waals surface area (Å²) in [6.45, 7) is 3.62. The highest BCUT2D eigenvalue weighted by atomic mass is 35.5. The smallest absolute Gasteiger partial charge is 0.323 e. The predicted octanol–water partition coefficient (Wildman–Crippen LogP) is 2.35. The maximum absolute atomic E-state index is 11.9. The summed E-state index contributed by atoms with van der Waals surface area (Å²) in [5.74, 6) is -0.844. The molecule has 0 saturated carbocycles. The van der Waals surface area contributed by atoms with E-state index in [-0.39, 0.29) is 19.1 Å². The molecule has 0 radical (unpaired) electrons. The number of halogens is 1. The summed E-state index contributed by atoms with van der Waals surface area (Å²) >= 11 is 5.90. The van der Waals surface area contributed by atoms with E-state index in [0.717, 1.165) is 5.56 Å². The van der Waals surface area contributed by atoms with E-state index < -0.39 is 5.97 Å². The van der Waals surface area contributed by atoms with Crippen LogP contribution in [0.15, 0.2) is 18.2 Å². The van der Waals surface area contributed by atoms with Gasteiger partial charge in [-0.15, -0.1) is 0 Å². The third-order valence-electron chi connectivity index (χ3n) is 2.66. The van der Waals surface area contributed by atoms with Crippen molar-refractivity contribution < 1.29 is 19.4 Å². The number of amides is 1. The van der Waals surface area contributed by atoms with Gasteiger partial charge in [-0.1, -0.05) is 18.5 Å². The van der Waals surface area contributed by atoms with Gasteiger partial charge in [0.1, 0.15) is 12.3 Å². The van der Waals surface area contributed by atoms with E-state index in [1.807, 2.05) is 13.8 Å². The van der Waals surface area contributed by atoms with Crippen molar-refractivity contribution in [1.29, 1.82) is 0 Å². The van der Waals surface area contributed by atoms with Gasteiger partial charge in [-0.2, -0.15) is 0 Å². The van der Waals surface area contributed by atoms with Crippen LogP contribution in [0.5, 0.6) is 5.75 Å². The van der Waals surface area contributed by atoms with Gasteiger partial charge in [0.25, 0.3) is 5.91 Å². The molecule has 5 nitrogen and oxygen atoms in total. The molecule has 1 N–H and O–H groups in total. The Morgan fingerprint density at radius 1 is 1.40 bits per heavy atom. The summed E-state index contributed by atoms with van der Waals surface area (Å²) in [6.07, 6.45) is 0.694. The zero-order valence-electron chi connectivity index (χ0n) is 11.6. The van der Waals surface area contributed by atoms with E-state index in [4.69, 9.17) is 21.4 Å². The molecular weight excluding hydrogens is 282 g/mol. The van der Waals surface area contributed by atoms with Crippen LogP contribution in [0.1, 0.15) is 18.9 Å². The number of hydrogen-bond acceptors (Lipinski definition) is 3. The van der Waals surface area contributed by atoms with Crippen LogP contribution in [0.4, 0.5) is 0 Å². The number of rotatable bonds is 7. The van der Waals surface area contributed by atoms with Gasteiger partial charge in [0.15, 0.2) is 6.61 Å². The number of ether oxygens (including phenoxy) is 1.